The third-order valence-electron chi connectivity index (χ3n) is 4.35. The van der Waals surface area contributed by atoms with E-state index in [1.165, 1.54) is 0 Å². The van der Waals surface area contributed by atoms with Crippen molar-refractivity contribution in [2.24, 2.45) is 0 Å². The fourth-order valence-electron chi connectivity index (χ4n) is 3.00. The van der Waals surface area contributed by atoms with Crippen molar-refractivity contribution in [3.8, 4) is 10.4 Å². The Labute approximate surface area is 155 Å². The minimum atomic E-state index is -0.0763. The monoisotopic (exact) mass is 361 g/mol. The summed E-state index contributed by atoms with van der Waals surface area (Å²) in [5.41, 5.74) is 2.15. The third-order valence-corrected chi connectivity index (χ3v) is 5.43. The Balaban J connectivity index is 1.70. The van der Waals surface area contributed by atoms with Crippen molar-refractivity contribution in [2.45, 2.75) is 13.5 Å². The second kappa shape index (κ2) is 7.14. The van der Waals surface area contributed by atoms with Crippen LogP contribution >= 0.6 is 11.3 Å². The zero-order chi connectivity index (χ0) is 17.9. The normalized spacial score (nSPS) is 11.0. The van der Waals surface area contributed by atoms with Gasteiger partial charge in [0.05, 0.1) is 11.9 Å². The molecule has 0 aliphatic carbocycles. The molecular weight excluding hydrogens is 342 g/mol. The average molecular weight is 361 g/mol. The second-order valence-electron chi connectivity index (χ2n) is 6.06. The van der Waals surface area contributed by atoms with Gasteiger partial charge >= 0.3 is 0 Å². The number of nitrogens with one attached hydrogen (secondary N) is 1. The lowest BCUT2D eigenvalue weighted by atomic mass is 10.2. The highest BCUT2D eigenvalue weighted by molar-refractivity contribution is 7.21. The smallest absolute Gasteiger partial charge is 0.259 e. The molecule has 0 radical (unpaired) electrons. The van der Waals surface area contributed by atoms with Gasteiger partial charge in [-0.15, -0.1) is 11.3 Å². The number of para-hydroxylation sites is 1. The molecule has 1 N–H and O–H groups in total. The van der Waals surface area contributed by atoms with Gasteiger partial charge in [-0.25, -0.2) is 4.98 Å². The SMILES string of the molecule is CCN(Cc1nc2sc(-c3ccccc3)cc2c(=O)[nH]1)c1ccccc1. The average Bonchev–Trinajstić information content (AvgIpc) is 3.12. The van der Waals surface area contributed by atoms with Crippen LogP contribution in [0.2, 0.25) is 0 Å². The van der Waals surface area contributed by atoms with Crippen molar-refractivity contribution in [3.05, 3.63) is 82.9 Å². The van der Waals surface area contributed by atoms with Gasteiger partial charge in [-0.2, -0.15) is 0 Å². The number of anilines is 1. The lowest BCUT2D eigenvalue weighted by Crippen LogP contribution is -2.25. The van der Waals surface area contributed by atoms with Gasteiger partial charge in [-0.05, 0) is 30.7 Å². The number of aromatic nitrogens is 2. The summed E-state index contributed by atoms with van der Waals surface area (Å²) in [5, 5.41) is 0.653. The molecule has 0 atom stereocenters. The molecular formula is C21H19N3OS. The van der Waals surface area contributed by atoms with Crippen LogP contribution in [0.1, 0.15) is 12.7 Å². The minimum absolute atomic E-state index is 0.0763. The summed E-state index contributed by atoms with van der Waals surface area (Å²) in [6.07, 6.45) is 0. The van der Waals surface area contributed by atoms with Crippen LogP contribution in [0.3, 0.4) is 0 Å². The van der Waals surface area contributed by atoms with Gasteiger partial charge in [0.2, 0.25) is 0 Å². The summed E-state index contributed by atoms with van der Waals surface area (Å²) >= 11 is 1.56. The largest absolute Gasteiger partial charge is 0.364 e. The molecule has 0 spiro atoms. The number of hydrogen-bond donors (Lipinski definition) is 1. The molecule has 0 fully saturated rings. The Hall–Kier alpha value is -2.92. The zero-order valence-corrected chi connectivity index (χ0v) is 15.3. The van der Waals surface area contributed by atoms with Gasteiger partial charge in [0.15, 0.2) is 0 Å². The molecule has 26 heavy (non-hydrogen) atoms. The van der Waals surface area contributed by atoms with Crippen LogP contribution in [0.5, 0.6) is 0 Å². The van der Waals surface area contributed by atoms with E-state index in [-0.39, 0.29) is 5.56 Å². The Morgan fingerprint density at radius 2 is 1.73 bits per heavy atom. The van der Waals surface area contributed by atoms with Crippen molar-refractivity contribution in [1.82, 2.24) is 9.97 Å². The number of H-pyrrole nitrogens is 1. The van der Waals surface area contributed by atoms with E-state index < -0.39 is 0 Å². The molecule has 130 valence electrons. The Kier molecular flexibility index (Phi) is 4.54. The zero-order valence-electron chi connectivity index (χ0n) is 14.5. The predicted octanol–water partition coefficient (Wildman–Crippen LogP) is 4.68. The maximum absolute atomic E-state index is 12.5. The molecule has 2 aromatic carbocycles. The second-order valence-corrected chi connectivity index (χ2v) is 7.09. The Morgan fingerprint density at radius 3 is 2.42 bits per heavy atom. The first-order chi connectivity index (χ1) is 12.7. The molecule has 4 aromatic rings. The van der Waals surface area contributed by atoms with Crippen molar-refractivity contribution in [2.75, 3.05) is 11.4 Å². The maximum atomic E-state index is 12.5. The molecule has 2 aromatic heterocycles. The number of hydrogen-bond acceptors (Lipinski definition) is 4. The summed E-state index contributed by atoms with van der Waals surface area (Å²) in [5.74, 6) is 0.690. The number of thiophene rings is 1. The van der Waals surface area contributed by atoms with E-state index in [1.807, 2.05) is 54.6 Å². The van der Waals surface area contributed by atoms with Gasteiger partial charge < -0.3 is 9.88 Å². The van der Waals surface area contributed by atoms with E-state index in [2.05, 4.69) is 28.9 Å². The van der Waals surface area contributed by atoms with Crippen LogP contribution in [0, 0.1) is 0 Å². The number of nitrogens with zero attached hydrogens (tertiary/aromatic N) is 2. The molecule has 4 nitrogen and oxygen atoms in total. The Bertz CT molecular complexity index is 1070. The summed E-state index contributed by atoms with van der Waals surface area (Å²) in [4.78, 5) is 24.2. The van der Waals surface area contributed by atoms with Crippen molar-refractivity contribution < 1.29 is 0 Å². The van der Waals surface area contributed by atoms with E-state index in [1.54, 1.807) is 11.3 Å². The molecule has 5 heteroatoms. The highest BCUT2D eigenvalue weighted by Gasteiger charge is 2.12. The highest BCUT2D eigenvalue weighted by Crippen LogP contribution is 2.30. The molecule has 0 bridgehead atoms. The summed E-state index contributed by atoms with van der Waals surface area (Å²) in [6.45, 7) is 3.51. The van der Waals surface area contributed by atoms with Gasteiger partial charge in [0.1, 0.15) is 10.7 Å². The van der Waals surface area contributed by atoms with Crippen molar-refractivity contribution >= 4 is 27.2 Å². The quantitative estimate of drug-likeness (QED) is 0.561. The van der Waals surface area contributed by atoms with Crippen molar-refractivity contribution in [1.29, 1.82) is 0 Å². The van der Waals surface area contributed by atoms with Crippen LogP contribution in [0.25, 0.3) is 20.7 Å². The van der Waals surface area contributed by atoms with Crippen LogP contribution in [-0.4, -0.2) is 16.5 Å². The first-order valence-corrected chi connectivity index (χ1v) is 9.44. The topological polar surface area (TPSA) is 49.0 Å². The highest BCUT2D eigenvalue weighted by atomic mass is 32.1. The molecule has 0 aliphatic rings. The number of aromatic amines is 1. The number of benzene rings is 2. The van der Waals surface area contributed by atoms with E-state index >= 15 is 0 Å². The summed E-state index contributed by atoms with van der Waals surface area (Å²) in [6, 6.07) is 22.2. The summed E-state index contributed by atoms with van der Waals surface area (Å²) in [7, 11) is 0. The third kappa shape index (κ3) is 3.26. The molecule has 0 saturated carbocycles. The molecule has 0 amide bonds. The fraction of sp³-hybridized carbons (Fsp3) is 0.143. The molecule has 2 heterocycles. The fourth-order valence-corrected chi connectivity index (χ4v) is 4.06. The predicted molar refractivity (Wildman–Crippen MR) is 109 cm³/mol. The van der Waals surface area contributed by atoms with E-state index in [9.17, 15) is 4.79 Å². The molecule has 0 aliphatic heterocycles. The lowest BCUT2D eigenvalue weighted by Gasteiger charge is -2.22. The van der Waals surface area contributed by atoms with Gasteiger partial charge in [0, 0.05) is 17.1 Å². The van der Waals surface area contributed by atoms with E-state index in [4.69, 9.17) is 4.98 Å². The molecule has 0 unspecified atom stereocenters. The van der Waals surface area contributed by atoms with Gasteiger partial charge in [-0.1, -0.05) is 48.5 Å². The lowest BCUT2D eigenvalue weighted by molar-refractivity contribution is 0.782. The van der Waals surface area contributed by atoms with Crippen LogP contribution in [0.4, 0.5) is 5.69 Å². The Morgan fingerprint density at radius 1 is 1.04 bits per heavy atom. The van der Waals surface area contributed by atoms with E-state index in [0.717, 1.165) is 27.5 Å². The van der Waals surface area contributed by atoms with Crippen LogP contribution < -0.4 is 10.5 Å². The van der Waals surface area contributed by atoms with Crippen LogP contribution in [-0.2, 0) is 6.54 Å². The van der Waals surface area contributed by atoms with Gasteiger partial charge in [-0.3, -0.25) is 4.79 Å². The first kappa shape index (κ1) is 16.5. The van der Waals surface area contributed by atoms with E-state index in [0.29, 0.717) is 17.8 Å². The standard InChI is InChI=1S/C21H19N3OS/c1-2-24(16-11-7-4-8-12-16)14-19-22-20(25)17-13-18(26-21(17)23-19)15-9-5-3-6-10-15/h3-13H,2,14H2,1H3,(H,22,23,25). The number of rotatable bonds is 5. The van der Waals surface area contributed by atoms with Crippen molar-refractivity contribution in [3.63, 3.8) is 0 Å². The number of fused-ring (bicyclic) bond motifs is 1. The summed E-state index contributed by atoms with van der Waals surface area (Å²) < 4.78 is 0. The minimum Gasteiger partial charge on any atom is -0.364 e. The molecule has 0 saturated heterocycles. The first-order valence-electron chi connectivity index (χ1n) is 8.63. The van der Waals surface area contributed by atoms with Gasteiger partial charge in [0.25, 0.3) is 5.56 Å². The molecule has 4 rings (SSSR count). The maximum Gasteiger partial charge on any atom is 0.259 e. The van der Waals surface area contributed by atoms with Crippen LogP contribution in [0.15, 0.2) is 71.5 Å².